The summed E-state index contributed by atoms with van der Waals surface area (Å²) in [6.07, 6.45) is 10.6. The average Bonchev–Trinajstić information content (AvgIpc) is 3.32. The molecule has 0 spiro atoms. The fourth-order valence-corrected chi connectivity index (χ4v) is 4.44. The first-order valence-corrected chi connectivity index (χ1v) is 11.9. The molecule has 0 radical (unpaired) electrons. The van der Waals surface area contributed by atoms with Crippen molar-refractivity contribution >= 4 is 17.5 Å². The molecule has 1 aromatic carbocycles. The first-order valence-electron chi connectivity index (χ1n) is 11.9. The number of fused-ring (bicyclic) bond motifs is 1. The number of carbonyl (C=O) groups excluding carboxylic acids is 2. The Morgan fingerprint density at radius 3 is 2.76 bits per heavy atom. The minimum absolute atomic E-state index is 0.0512. The van der Waals surface area contributed by atoms with Crippen molar-refractivity contribution in [3.63, 3.8) is 0 Å². The number of aromatic nitrogens is 2. The van der Waals surface area contributed by atoms with Crippen LogP contribution in [0.25, 0.3) is 5.65 Å². The lowest BCUT2D eigenvalue weighted by Crippen LogP contribution is -2.38. The largest absolute Gasteiger partial charge is 0.493 e. The zero-order valence-corrected chi connectivity index (χ0v) is 19.2. The minimum atomic E-state index is -0.0512. The van der Waals surface area contributed by atoms with E-state index in [9.17, 15) is 9.59 Å². The van der Waals surface area contributed by atoms with Crippen molar-refractivity contribution in [2.45, 2.75) is 39.0 Å². The third kappa shape index (κ3) is 5.72. The number of carbonyl (C=O) groups is 2. The summed E-state index contributed by atoms with van der Waals surface area (Å²) in [6, 6.07) is 11.1. The zero-order valence-electron chi connectivity index (χ0n) is 19.2. The number of benzene rings is 1. The quantitative estimate of drug-likeness (QED) is 0.498. The van der Waals surface area contributed by atoms with Gasteiger partial charge in [-0.15, -0.1) is 0 Å². The molecule has 0 unspecified atom stereocenters. The molecule has 174 valence electrons. The highest BCUT2D eigenvalue weighted by atomic mass is 16.5. The number of unbranched alkanes of at least 4 members (excludes halogenated alkanes) is 1. The number of nitrogens with one attached hydrogen (secondary N) is 1. The van der Waals surface area contributed by atoms with E-state index in [1.54, 1.807) is 18.5 Å². The first-order chi connectivity index (χ1) is 16.2. The number of piperidine rings is 1. The van der Waals surface area contributed by atoms with Crippen molar-refractivity contribution in [3.8, 4) is 5.75 Å². The van der Waals surface area contributed by atoms with E-state index in [4.69, 9.17) is 4.74 Å². The molecule has 3 aromatic rings. The summed E-state index contributed by atoms with van der Waals surface area (Å²) in [4.78, 5) is 31.5. The van der Waals surface area contributed by atoms with E-state index >= 15 is 0 Å². The molecule has 0 atom stereocenters. The standard InChI is InChI=1S/C26H32N4O3/c1-2-33-23-9-4-3-8-22(23)26(32)29-16-12-20(13-17-29)7-5-6-14-28-25(31)21-10-11-24-27-15-18-30(24)19-21/h3-4,8-11,15,18-20H,2,5-7,12-14,16-17H2,1H3,(H,28,31). The van der Waals surface area contributed by atoms with Gasteiger partial charge in [0.05, 0.1) is 17.7 Å². The molecule has 4 rings (SSSR count). The Balaban J connectivity index is 1.15. The third-order valence-corrected chi connectivity index (χ3v) is 6.29. The summed E-state index contributed by atoms with van der Waals surface area (Å²) in [5.74, 6) is 1.31. The number of hydrogen-bond acceptors (Lipinski definition) is 4. The molecule has 7 heteroatoms. The highest BCUT2D eigenvalue weighted by Gasteiger charge is 2.25. The van der Waals surface area contributed by atoms with Crippen LogP contribution in [-0.2, 0) is 0 Å². The van der Waals surface area contributed by atoms with Gasteiger partial charge in [-0.25, -0.2) is 4.98 Å². The number of para-hydroxylation sites is 1. The van der Waals surface area contributed by atoms with Gasteiger partial charge in [0.25, 0.3) is 11.8 Å². The van der Waals surface area contributed by atoms with E-state index in [-0.39, 0.29) is 11.8 Å². The van der Waals surface area contributed by atoms with E-state index in [0.29, 0.717) is 35.9 Å². The Kier molecular flexibility index (Phi) is 7.60. The van der Waals surface area contributed by atoms with Crippen LogP contribution < -0.4 is 10.1 Å². The number of hydrogen-bond donors (Lipinski definition) is 1. The maximum absolute atomic E-state index is 12.9. The first kappa shape index (κ1) is 22.8. The molecule has 2 amide bonds. The van der Waals surface area contributed by atoms with Gasteiger partial charge in [0, 0.05) is 38.2 Å². The average molecular weight is 449 g/mol. The van der Waals surface area contributed by atoms with Gasteiger partial charge in [0.15, 0.2) is 0 Å². The second kappa shape index (κ2) is 11.0. The van der Waals surface area contributed by atoms with Gasteiger partial charge in [0.2, 0.25) is 0 Å². The molecule has 1 saturated heterocycles. The number of ether oxygens (including phenoxy) is 1. The SMILES string of the molecule is CCOc1ccccc1C(=O)N1CCC(CCCCNC(=O)c2ccc3nccn3c2)CC1. The summed E-state index contributed by atoms with van der Waals surface area (Å²) in [5.41, 5.74) is 2.13. The third-order valence-electron chi connectivity index (χ3n) is 6.29. The number of likely N-dealkylation sites (tertiary alicyclic amines) is 1. The summed E-state index contributed by atoms with van der Waals surface area (Å²) in [5, 5.41) is 3.01. The molecule has 2 aromatic heterocycles. The maximum Gasteiger partial charge on any atom is 0.257 e. The summed E-state index contributed by atoms with van der Waals surface area (Å²) < 4.78 is 7.47. The second-order valence-electron chi connectivity index (χ2n) is 8.53. The van der Waals surface area contributed by atoms with E-state index in [1.807, 2.05) is 52.8 Å². The Morgan fingerprint density at radius 2 is 1.94 bits per heavy atom. The zero-order chi connectivity index (χ0) is 23.0. The molecule has 1 aliphatic rings. The normalized spacial score (nSPS) is 14.4. The van der Waals surface area contributed by atoms with Gasteiger partial charge in [-0.3, -0.25) is 9.59 Å². The minimum Gasteiger partial charge on any atom is -0.493 e. The lowest BCUT2D eigenvalue weighted by Gasteiger charge is -2.32. The summed E-state index contributed by atoms with van der Waals surface area (Å²) in [6.45, 7) is 4.73. The van der Waals surface area contributed by atoms with Gasteiger partial charge >= 0.3 is 0 Å². The predicted molar refractivity (Wildman–Crippen MR) is 128 cm³/mol. The highest BCUT2D eigenvalue weighted by molar-refractivity contribution is 5.97. The topological polar surface area (TPSA) is 75.9 Å². The number of rotatable bonds is 9. The summed E-state index contributed by atoms with van der Waals surface area (Å²) >= 11 is 0. The molecule has 0 aliphatic carbocycles. The van der Waals surface area contributed by atoms with Crippen molar-refractivity contribution in [3.05, 3.63) is 66.1 Å². The van der Waals surface area contributed by atoms with Crippen LogP contribution in [0.15, 0.2) is 55.0 Å². The van der Waals surface area contributed by atoms with Gasteiger partial charge in [0.1, 0.15) is 11.4 Å². The van der Waals surface area contributed by atoms with Crippen molar-refractivity contribution in [1.82, 2.24) is 19.6 Å². The van der Waals surface area contributed by atoms with Crippen LogP contribution in [0.3, 0.4) is 0 Å². The second-order valence-corrected chi connectivity index (χ2v) is 8.53. The van der Waals surface area contributed by atoms with Gasteiger partial charge in [-0.2, -0.15) is 0 Å². The van der Waals surface area contributed by atoms with Gasteiger partial charge in [-0.05, 0) is 56.4 Å². The molecule has 1 fully saturated rings. The van der Waals surface area contributed by atoms with Crippen LogP contribution >= 0.6 is 0 Å². The van der Waals surface area contributed by atoms with E-state index in [1.165, 1.54) is 0 Å². The number of pyridine rings is 1. The molecule has 1 aliphatic heterocycles. The lowest BCUT2D eigenvalue weighted by molar-refractivity contribution is 0.0681. The van der Waals surface area contributed by atoms with Crippen molar-refractivity contribution in [1.29, 1.82) is 0 Å². The van der Waals surface area contributed by atoms with Gasteiger partial charge < -0.3 is 19.4 Å². The fraction of sp³-hybridized carbons (Fsp3) is 0.423. The fourth-order valence-electron chi connectivity index (χ4n) is 4.44. The van der Waals surface area contributed by atoms with Crippen LogP contribution in [0, 0.1) is 5.92 Å². The van der Waals surface area contributed by atoms with Crippen LogP contribution in [0.4, 0.5) is 0 Å². The van der Waals surface area contributed by atoms with Gasteiger partial charge in [-0.1, -0.05) is 25.0 Å². The molecular weight excluding hydrogens is 416 g/mol. The Hall–Kier alpha value is -3.35. The van der Waals surface area contributed by atoms with Crippen LogP contribution in [0.5, 0.6) is 5.75 Å². The molecule has 3 heterocycles. The number of nitrogens with zero attached hydrogens (tertiary/aromatic N) is 3. The van der Waals surface area contributed by atoms with Crippen LogP contribution in [0.2, 0.25) is 0 Å². The van der Waals surface area contributed by atoms with Crippen molar-refractivity contribution in [2.75, 3.05) is 26.2 Å². The van der Waals surface area contributed by atoms with Crippen LogP contribution in [0.1, 0.15) is 59.7 Å². The smallest absolute Gasteiger partial charge is 0.257 e. The molecule has 0 bridgehead atoms. The Morgan fingerprint density at radius 1 is 1.12 bits per heavy atom. The molecule has 7 nitrogen and oxygen atoms in total. The number of imidazole rings is 1. The molecule has 33 heavy (non-hydrogen) atoms. The van der Waals surface area contributed by atoms with Crippen LogP contribution in [-0.4, -0.2) is 52.3 Å². The monoisotopic (exact) mass is 448 g/mol. The molecular formula is C26H32N4O3. The number of amides is 2. The predicted octanol–water partition coefficient (Wildman–Crippen LogP) is 4.19. The highest BCUT2D eigenvalue weighted by Crippen LogP contribution is 2.26. The van der Waals surface area contributed by atoms with Crippen molar-refractivity contribution < 1.29 is 14.3 Å². The van der Waals surface area contributed by atoms with E-state index in [2.05, 4.69) is 10.3 Å². The Labute approximate surface area is 194 Å². The molecule has 1 N–H and O–H groups in total. The van der Waals surface area contributed by atoms with E-state index < -0.39 is 0 Å². The van der Waals surface area contributed by atoms with Crippen molar-refractivity contribution in [2.24, 2.45) is 5.92 Å². The summed E-state index contributed by atoms with van der Waals surface area (Å²) in [7, 11) is 0. The lowest BCUT2D eigenvalue weighted by atomic mass is 9.91. The maximum atomic E-state index is 12.9. The van der Waals surface area contributed by atoms with E-state index in [0.717, 1.165) is 50.8 Å². The molecule has 0 saturated carbocycles. The Bertz CT molecular complexity index is 1090.